The molecule has 4 rings (SSSR count). The number of anilines is 2. The molecule has 0 saturated heterocycles. The molecule has 1 amide bonds. The van der Waals surface area contributed by atoms with Crippen molar-refractivity contribution in [1.29, 1.82) is 0 Å². The first kappa shape index (κ1) is 21.4. The van der Waals surface area contributed by atoms with E-state index in [4.69, 9.17) is 0 Å². The zero-order valence-corrected chi connectivity index (χ0v) is 18.7. The van der Waals surface area contributed by atoms with Crippen LogP contribution in [0.2, 0.25) is 0 Å². The summed E-state index contributed by atoms with van der Waals surface area (Å²) >= 11 is 0. The summed E-state index contributed by atoms with van der Waals surface area (Å²) < 4.78 is 27.5. The Bertz CT molecular complexity index is 1210. The van der Waals surface area contributed by atoms with Gasteiger partial charge in [-0.3, -0.25) is 9.52 Å². The van der Waals surface area contributed by atoms with E-state index in [1.165, 1.54) is 0 Å². The summed E-state index contributed by atoms with van der Waals surface area (Å²) in [6, 6.07) is 9.57. The fourth-order valence-electron chi connectivity index (χ4n) is 3.62. The largest absolute Gasteiger partial charge is 0.346 e. The topological polar surface area (TPSA) is 104 Å². The number of H-pyrrole nitrogens is 1. The number of aromatic amines is 1. The summed E-state index contributed by atoms with van der Waals surface area (Å²) in [5.41, 5.74) is 4.12. The standard InChI is InChI=1S/C23H28N4O3S/c1-3-5-12-31(29,30)27-20-9-8-17(13-15(20)4-2)19-14-21(26-23(28)16-6-7-16)25-22-18(19)10-11-24-22/h8-11,13-14,16,27H,3-7,12H2,1-2H3,(H2,24,25,26,28). The van der Waals surface area contributed by atoms with Crippen molar-refractivity contribution in [1.82, 2.24) is 9.97 Å². The molecule has 3 N–H and O–H groups in total. The van der Waals surface area contributed by atoms with Crippen LogP contribution < -0.4 is 10.0 Å². The van der Waals surface area contributed by atoms with Gasteiger partial charge in [-0.1, -0.05) is 26.3 Å². The number of pyridine rings is 1. The number of sulfonamides is 1. The summed E-state index contributed by atoms with van der Waals surface area (Å²) in [5, 5.41) is 3.87. The first-order chi connectivity index (χ1) is 14.9. The lowest BCUT2D eigenvalue weighted by molar-refractivity contribution is -0.117. The fraction of sp³-hybridized carbons (Fsp3) is 0.391. The molecule has 2 heterocycles. The minimum Gasteiger partial charge on any atom is -0.346 e. The lowest BCUT2D eigenvalue weighted by Crippen LogP contribution is -2.17. The third-order valence-corrected chi connectivity index (χ3v) is 6.91. The van der Waals surface area contributed by atoms with Crippen LogP contribution in [0.1, 0.15) is 45.1 Å². The van der Waals surface area contributed by atoms with Gasteiger partial charge in [-0.25, -0.2) is 13.4 Å². The van der Waals surface area contributed by atoms with Gasteiger partial charge in [-0.05, 0) is 66.6 Å². The van der Waals surface area contributed by atoms with E-state index in [0.29, 0.717) is 30.0 Å². The van der Waals surface area contributed by atoms with E-state index in [0.717, 1.165) is 41.3 Å². The van der Waals surface area contributed by atoms with E-state index >= 15 is 0 Å². The van der Waals surface area contributed by atoms with Crippen LogP contribution in [0.25, 0.3) is 22.2 Å². The van der Waals surface area contributed by atoms with Gasteiger partial charge in [0, 0.05) is 17.5 Å². The molecule has 164 valence electrons. The van der Waals surface area contributed by atoms with Crippen molar-refractivity contribution in [2.24, 2.45) is 5.92 Å². The number of carbonyl (C=O) groups excluding carboxylic acids is 1. The molecule has 7 nitrogen and oxygen atoms in total. The van der Waals surface area contributed by atoms with E-state index in [1.807, 2.05) is 50.4 Å². The van der Waals surface area contributed by atoms with Gasteiger partial charge < -0.3 is 10.3 Å². The first-order valence-electron chi connectivity index (χ1n) is 10.8. The lowest BCUT2D eigenvalue weighted by atomic mass is 9.99. The fourth-order valence-corrected chi connectivity index (χ4v) is 4.93. The number of hydrogen-bond donors (Lipinski definition) is 3. The minimum absolute atomic E-state index is 0.00966. The second-order valence-corrected chi connectivity index (χ2v) is 9.90. The summed E-state index contributed by atoms with van der Waals surface area (Å²) in [7, 11) is -3.37. The van der Waals surface area contributed by atoms with Crippen LogP contribution in [0.15, 0.2) is 36.5 Å². The molecular weight excluding hydrogens is 412 g/mol. The summed E-state index contributed by atoms with van der Waals surface area (Å²) in [4.78, 5) is 19.9. The van der Waals surface area contributed by atoms with Crippen LogP contribution in [0.5, 0.6) is 0 Å². The van der Waals surface area contributed by atoms with Crippen LogP contribution in [-0.2, 0) is 21.2 Å². The second-order valence-electron chi connectivity index (χ2n) is 8.06. The number of benzene rings is 1. The molecule has 0 spiro atoms. The Hall–Kier alpha value is -2.87. The molecule has 2 aromatic heterocycles. The van der Waals surface area contributed by atoms with E-state index < -0.39 is 10.0 Å². The van der Waals surface area contributed by atoms with Gasteiger partial charge in [-0.15, -0.1) is 0 Å². The highest BCUT2D eigenvalue weighted by Crippen LogP contribution is 2.34. The van der Waals surface area contributed by atoms with Crippen molar-refractivity contribution in [2.75, 3.05) is 15.8 Å². The second kappa shape index (κ2) is 8.70. The Labute approximate surface area is 182 Å². The molecule has 0 unspecified atom stereocenters. The number of nitrogens with one attached hydrogen (secondary N) is 3. The van der Waals surface area contributed by atoms with Crippen LogP contribution >= 0.6 is 0 Å². The van der Waals surface area contributed by atoms with E-state index in [9.17, 15) is 13.2 Å². The number of unbranched alkanes of at least 4 members (excludes halogenated alkanes) is 1. The average molecular weight is 441 g/mol. The maximum atomic E-state index is 12.4. The Morgan fingerprint density at radius 1 is 1.19 bits per heavy atom. The molecule has 1 aromatic carbocycles. The smallest absolute Gasteiger partial charge is 0.232 e. The molecule has 8 heteroatoms. The molecule has 0 bridgehead atoms. The number of nitrogens with zero attached hydrogens (tertiary/aromatic N) is 1. The highest BCUT2D eigenvalue weighted by molar-refractivity contribution is 7.92. The van der Waals surface area contributed by atoms with Gasteiger partial charge in [0.15, 0.2) is 0 Å². The Morgan fingerprint density at radius 2 is 2.00 bits per heavy atom. The van der Waals surface area contributed by atoms with E-state index in [2.05, 4.69) is 20.0 Å². The highest BCUT2D eigenvalue weighted by atomic mass is 32.2. The van der Waals surface area contributed by atoms with Gasteiger partial charge in [0.1, 0.15) is 11.5 Å². The number of amides is 1. The maximum absolute atomic E-state index is 12.4. The normalized spacial score (nSPS) is 14.0. The zero-order valence-electron chi connectivity index (χ0n) is 17.9. The molecule has 0 radical (unpaired) electrons. The molecule has 3 aromatic rings. The average Bonchev–Trinajstić information content (AvgIpc) is 3.50. The van der Waals surface area contributed by atoms with E-state index in [-0.39, 0.29) is 17.6 Å². The Kier molecular flexibility index (Phi) is 6.00. The monoisotopic (exact) mass is 440 g/mol. The van der Waals surface area contributed by atoms with Gasteiger partial charge in [0.05, 0.1) is 11.4 Å². The van der Waals surface area contributed by atoms with Crippen LogP contribution in [0.4, 0.5) is 11.5 Å². The molecular formula is C23H28N4O3S. The molecule has 1 aliphatic carbocycles. The number of aryl methyl sites for hydroxylation is 1. The number of rotatable bonds is 9. The first-order valence-corrected chi connectivity index (χ1v) is 12.5. The number of aromatic nitrogens is 2. The van der Waals surface area contributed by atoms with Gasteiger partial charge in [0.2, 0.25) is 15.9 Å². The summed E-state index contributed by atoms with van der Waals surface area (Å²) in [6.07, 6.45) is 5.83. The quantitative estimate of drug-likeness (QED) is 0.449. The van der Waals surface area contributed by atoms with Crippen LogP contribution in [-0.4, -0.2) is 30.0 Å². The minimum atomic E-state index is -3.37. The highest BCUT2D eigenvalue weighted by Gasteiger charge is 2.30. The number of fused-ring (bicyclic) bond motifs is 1. The molecule has 0 aliphatic heterocycles. The van der Waals surface area contributed by atoms with Crippen molar-refractivity contribution < 1.29 is 13.2 Å². The third kappa shape index (κ3) is 4.90. The SMILES string of the molecule is CCCCS(=O)(=O)Nc1ccc(-c2cc(NC(=O)C3CC3)nc3[nH]ccc23)cc1CC. The Morgan fingerprint density at radius 3 is 2.71 bits per heavy atom. The number of hydrogen-bond acceptors (Lipinski definition) is 4. The van der Waals surface area contributed by atoms with Crippen molar-refractivity contribution >= 4 is 38.5 Å². The van der Waals surface area contributed by atoms with E-state index in [1.54, 1.807) is 0 Å². The van der Waals surface area contributed by atoms with Gasteiger partial charge in [-0.2, -0.15) is 0 Å². The molecule has 0 atom stereocenters. The van der Waals surface area contributed by atoms with Gasteiger partial charge >= 0.3 is 0 Å². The van der Waals surface area contributed by atoms with Gasteiger partial charge in [0.25, 0.3) is 0 Å². The molecule has 1 fully saturated rings. The maximum Gasteiger partial charge on any atom is 0.232 e. The molecule has 1 saturated carbocycles. The summed E-state index contributed by atoms with van der Waals surface area (Å²) in [6.45, 7) is 3.97. The van der Waals surface area contributed by atoms with Crippen molar-refractivity contribution in [3.8, 4) is 11.1 Å². The van der Waals surface area contributed by atoms with Crippen molar-refractivity contribution in [3.05, 3.63) is 42.1 Å². The predicted octanol–water partition coefficient (Wildman–Crippen LogP) is 4.68. The third-order valence-electron chi connectivity index (χ3n) is 5.56. The lowest BCUT2D eigenvalue weighted by Gasteiger charge is -2.14. The summed E-state index contributed by atoms with van der Waals surface area (Å²) in [5.74, 6) is 0.739. The van der Waals surface area contributed by atoms with Crippen molar-refractivity contribution in [3.63, 3.8) is 0 Å². The van der Waals surface area contributed by atoms with Crippen molar-refractivity contribution in [2.45, 2.75) is 46.0 Å². The van der Waals surface area contributed by atoms with Crippen LogP contribution in [0, 0.1) is 5.92 Å². The predicted molar refractivity (Wildman–Crippen MR) is 125 cm³/mol. The number of carbonyl (C=O) groups is 1. The molecule has 31 heavy (non-hydrogen) atoms. The molecule has 1 aliphatic rings. The zero-order chi connectivity index (χ0) is 22.0. The Balaban J connectivity index is 1.68. The van der Waals surface area contributed by atoms with Crippen LogP contribution in [0.3, 0.4) is 0 Å².